The molecule has 0 radical (unpaired) electrons. The van der Waals surface area contributed by atoms with Crippen LogP contribution in [0, 0.1) is 0 Å². The molecule has 0 unspecified atom stereocenters. The molecule has 20 heavy (non-hydrogen) atoms. The van der Waals surface area contributed by atoms with Crippen LogP contribution in [0.2, 0.25) is 15.2 Å². The Labute approximate surface area is 129 Å². The largest absolute Gasteiger partial charge is 0.486 e. The summed E-state index contributed by atoms with van der Waals surface area (Å²) in [5.74, 6) is 1.35. The summed E-state index contributed by atoms with van der Waals surface area (Å²) < 4.78 is 5.59. The smallest absolute Gasteiger partial charge is 0.179 e. The Balaban J connectivity index is 1.79. The van der Waals surface area contributed by atoms with Crippen LogP contribution in [0.1, 0.15) is 5.82 Å². The van der Waals surface area contributed by atoms with Gasteiger partial charge in [-0.25, -0.2) is 9.97 Å². The van der Waals surface area contributed by atoms with Gasteiger partial charge in [-0.1, -0.05) is 34.8 Å². The number of halogens is 3. The molecule has 7 heteroatoms. The first-order valence-corrected chi connectivity index (χ1v) is 6.84. The van der Waals surface area contributed by atoms with Gasteiger partial charge in [0.05, 0.1) is 10.5 Å². The van der Waals surface area contributed by atoms with Crippen molar-refractivity contribution < 1.29 is 4.74 Å². The molecule has 0 amide bonds. The van der Waals surface area contributed by atoms with E-state index in [-0.39, 0.29) is 11.8 Å². The molecule has 4 nitrogen and oxygen atoms in total. The molecule has 1 aromatic carbocycles. The summed E-state index contributed by atoms with van der Waals surface area (Å²) >= 11 is 17.5. The fourth-order valence-electron chi connectivity index (χ4n) is 1.70. The van der Waals surface area contributed by atoms with Gasteiger partial charge in [-0.05, 0) is 30.3 Å². The van der Waals surface area contributed by atoms with E-state index >= 15 is 0 Å². The third-order valence-corrected chi connectivity index (χ3v) is 3.55. The quantitative estimate of drug-likeness (QED) is 0.720. The van der Waals surface area contributed by atoms with Crippen molar-refractivity contribution in [3.63, 3.8) is 0 Å². The van der Waals surface area contributed by atoms with Gasteiger partial charge in [-0.3, -0.25) is 0 Å². The minimum Gasteiger partial charge on any atom is -0.486 e. The number of aromatic nitrogens is 3. The summed E-state index contributed by atoms with van der Waals surface area (Å²) in [4.78, 5) is 11.4. The van der Waals surface area contributed by atoms with Crippen molar-refractivity contribution in [1.29, 1.82) is 0 Å². The lowest BCUT2D eigenvalue weighted by molar-refractivity contribution is 0.297. The van der Waals surface area contributed by atoms with Crippen LogP contribution < -0.4 is 4.74 Å². The molecular formula is C13H8Cl3N3O. The Kier molecular flexibility index (Phi) is 3.70. The van der Waals surface area contributed by atoms with Gasteiger partial charge in [0.25, 0.3) is 0 Å². The minimum absolute atomic E-state index is 0.232. The highest BCUT2D eigenvalue weighted by Gasteiger charge is 2.08. The fourth-order valence-corrected chi connectivity index (χ4v) is 2.11. The van der Waals surface area contributed by atoms with Crippen LogP contribution in [0.15, 0.2) is 30.3 Å². The highest BCUT2D eigenvalue weighted by molar-refractivity contribution is 6.41. The van der Waals surface area contributed by atoms with E-state index in [9.17, 15) is 0 Å². The molecule has 3 rings (SSSR count). The Morgan fingerprint density at radius 1 is 1.05 bits per heavy atom. The van der Waals surface area contributed by atoms with E-state index in [1.165, 1.54) is 0 Å². The van der Waals surface area contributed by atoms with Crippen molar-refractivity contribution in [2.75, 3.05) is 0 Å². The van der Waals surface area contributed by atoms with Gasteiger partial charge in [0.15, 0.2) is 5.65 Å². The fraction of sp³-hybridized carbons (Fsp3) is 0.0769. The Bertz CT molecular complexity index is 716. The Morgan fingerprint density at radius 2 is 1.80 bits per heavy atom. The molecule has 0 bridgehead atoms. The van der Waals surface area contributed by atoms with E-state index < -0.39 is 0 Å². The van der Waals surface area contributed by atoms with Gasteiger partial charge in [-0.2, -0.15) is 0 Å². The zero-order valence-electron chi connectivity index (χ0n) is 10.0. The first-order chi connectivity index (χ1) is 9.61. The third kappa shape index (κ3) is 2.82. The molecule has 0 aliphatic heterocycles. The lowest BCUT2D eigenvalue weighted by atomic mass is 10.3. The average Bonchev–Trinajstić information content (AvgIpc) is 2.80. The van der Waals surface area contributed by atoms with E-state index in [1.807, 2.05) is 0 Å². The van der Waals surface area contributed by atoms with Crippen LogP contribution in [0.3, 0.4) is 0 Å². The number of H-pyrrole nitrogens is 1. The normalized spacial score (nSPS) is 10.9. The van der Waals surface area contributed by atoms with Crippen LogP contribution in [-0.4, -0.2) is 15.0 Å². The molecule has 0 spiro atoms. The summed E-state index contributed by atoms with van der Waals surface area (Å²) in [5.41, 5.74) is 1.23. The lowest BCUT2D eigenvalue weighted by Gasteiger charge is -2.03. The topological polar surface area (TPSA) is 50.8 Å². The number of hydrogen-bond acceptors (Lipinski definition) is 3. The SMILES string of the molecule is Clc1ccc(OCc2nc3nc(Cl)c(Cl)cc3[nH]2)cc1. The number of aromatic amines is 1. The highest BCUT2D eigenvalue weighted by atomic mass is 35.5. The lowest BCUT2D eigenvalue weighted by Crippen LogP contribution is -1.97. The zero-order valence-corrected chi connectivity index (χ0v) is 12.3. The molecule has 0 aliphatic rings. The number of benzene rings is 1. The predicted molar refractivity (Wildman–Crippen MR) is 79.7 cm³/mol. The second-order valence-electron chi connectivity index (χ2n) is 4.06. The molecule has 0 atom stereocenters. The number of ether oxygens (including phenoxy) is 1. The van der Waals surface area contributed by atoms with Gasteiger partial charge in [0.2, 0.25) is 0 Å². The number of rotatable bonds is 3. The van der Waals surface area contributed by atoms with Crippen LogP contribution in [-0.2, 0) is 6.61 Å². The van der Waals surface area contributed by atoms with E-state index in [2.05, 4.69) is 15.0 Å². The van der Waals surface area contributed by atoms with Gasteiger partial charge < -0.3 is 9.72 Å². The molecule has 0 fully saturated rings. The Morgan fingerprint density at radius 3 is 2.55 bits per heavy atom. The maximum absolute atomic E-state index is 5.90. The summed E-state index contributed by atoms with van der Waals surface area (Å²) in [6, 6.07) is 8.78. The monoisotopic (exact) mass is 327 g/mol. The zero-order chi connectivity index (χ0) is 14.1. The number of pyridine rings is 1. The van der Waals surface area contributed by atoms with Crippen molar-refractivity contribution in [3.05, 3.63) is 51.4 Å². The predicted octanol–water partition coefficient (Wildman–Crippen LogP) is 4.50. The summed E-state index contributed by atoms with van der Waals surface area (Å²) in [6.07, 6.45) is 0. The molecule has 2 heterocycles. The number of hydrogen-bond donors (Lipinski definition) is 1. The molecular weight excluding hydrogens is 321 g/mol. The van der Waals surface area contributed by atoms with E-state index in [1.54, 1.807) is 30.3 Å². The molecule has 0 saturated carbocycles. The maximum Gasteiger partial charge on any atom is 0.179 e. The van der Waals surface area contributed by atoms with Crippen molar-refractivity contribution in [1.82, 2.24) is 15.0 Å². The van der Waals surface area contributed by atoms with Gasteiger partial charge >= 0.3 is 0 Å². The molecule has 0 saturated heterocycles. The molecule has 0 aliphatic carbocycles. The molecule has 2 aromatic heterocycles. The number of nitrogens with one attached hydrogen (secondary N) is 1. The van der Waals surface area contributed by atoms with Crippen LogP contribution >= 0.6 is 34.8 Å². The average molecular weight is 329 g/mol. The van der Waals surface area contributed by atoms with Crippen molar-refractivity contribution in [2.45, 2.75) is 6.61 Å². The highest BCUT2D eigenvalue weighted by Crippen LogP contribution is 2.23. The van der Waals surface area contributed by atoms with Gasteiger partial charge in [0, 0.05) is 5.02 Å². The molecule has 1 N–H and O–H groups in total. The third-order valence-electron chi connectivity index (χ3n) is 2.62. The van der Waals surface area contributed by atoms with Gasteiger partial charge in [0.1, 0.15) is 23.3 Å². The van der Waals surface area contributed by atoms with Crippen LogP contribution in [0.5, 0.6) is 5.75 Å². The van der Waals surface area contributed by atoms with Crippen LogP contribution in [0.4, 0.5) is 0 Å². The molecule has 3 aromatic rings. The van der Waals surface area contributed by atoms with E-state index in [0.29, 0.717) is 32.8 Å². The van der Waals surface area contributed by atoms with Crippen LogP contribution in [0.25, 0.3) is 11.2 Å². The Hall–Kier alpha value is -1.49. The van der Waals surface area contributed by atoms with E-state index in [0.717, 1.165) is 0 Å². The standard InChI is InChI=1S/C13H8Cl3N3O/c14-7-1-3-8(4-2-7)20-6-11-17-10-5-9(15)12(16)19-13(10)18-11/h1-5H,6H2,(H,17,18,19). The first-order valence-electron chi connectivity index (χ1n) is 5.71. The second-order valence-corrected chi connectivity index (χ2v) is 5.26. The number of fused-ring (bicyclic) bond motifs is 1. The second kappa shape index (κ2) is 5.48. The van der Waals surface area contributed by atoms with E-state index in [4.69, 9.17) is 39.5 Å². The molecule has 102 valence electrons. The summed E-state index contributed by atoms with van der Waals surface area (Å²) in [5, 5.41) is 1.28. The van der Waals surface area contributed by atoms with Crippen molar-refractivity contribution in [2.24, 2.45) is 0 Å². The number of nitrogens with zero attached hydrogens (tertiary/aromatic N) is 2. The summed E-state index contributed by atoms with van der Waals surface area (Å²) in [6.45, 7) is 0.285. The van der Waals surface area contributed by atoms with Gasteiger partial charge in [-0.15, -0.1) is 0 Å². The van der Waals surface area contributed by atoms with Crippen molar-refractivity contribution in [3.8, 4) is 5.75 Å². The maximum atomic E-state index is 5.90. The summed E-state index contributed by atoms with van der Waals surface area (Å²) in [7, 11) is 0. The minimum atomic E-state index is 0.232. The van der Waals surface area contributed by atoms with Crippen molar-refractivity contribution >= 4 is 46.0 Å². The first kappa shape index (κ1) is 13.5. The number of imidazole rings is 1.